The van der Waals surface area contributed by atoms with Crippen molar-refractivity contribution in [3.63, 3.8) is 0 Å². The van der Waals surface area contributed by atoms with Crippen LogP contribution in [-0.2, 0) is 87.9 Å². The molecule has 17 amide bonds. The molecule has 0 spiro atoms. The Bertz CT molecular complexity index is 3910. The number of hydrogen-bond donors (Lipinski definition) is 26. The van der Waals surface area contributed by atoms with Gasteiger partial charge < -0.3 is 130 Å². The van der Waals surface area contributed by atoms with Gasteiger partial charge in [0.05, 0.1) is 18.9 Å². The fraction of sp³-hybridized carbons (Fsp3) is 0.796. The van der Waals surface area contributed by atoms with Crippen molar-refractivity contribution >= 4 is 100 Å². The monoisotopic (exact) mass is 2010 g/mol. The minimum absolute atomic E-state index is 0.00237. The van der Waals surface area contributed by atoms with E-state index in [9.17, 15) is 71.9 Å². The van der Waals surface area contributed by atoms with Crippen LogP contribution in [0.3, 0.4) is 0 Å². The van der Waals surface area contributed by atoms with E-state index in [-0.39, 0.29) is 176 Å². The van der Waals surface area contributed by atoms with Gasteiger partial charge in [0.1, 0.15) is 84.6 Å². The van der Waals surface area contributed by atoms with Crippen molar-refractivity contribution in [2.75, 3.05) is 52.4 Å². The molecule has 0 aliphatic rings. The van der Waals surface area contributed by atoms with E-state index < -0.39 is 192 Å². The Balaban J connectivity index is 3.80. The zero-order chi connectivity index (χ0) is 107. The van der Waals surface area contributed by atoms with E-state index in [1.54, 1.807) is 0 Å². The summed E-state index contributed by atoms with van der Waals surface area (Å²) >= 11 is 0. The highest BCUT2D eigenvalue weighted by Crippen LogP contribution is 2.20. The molecule has 34 N–H and O–H groups in total. The first kappa shape index (κ1) is 130. The second-order valence-electron chi connectivity index (χ2n) is 40.9. The fourth-order valence-corrected chi connectivity index (χ4v) is 16.0. The van der Waals surface area contributed by atoms with Crippen molar-refractivity contribution in [3.05, 3.63) is 18.2 Å². The molecule has 15 atom stereocenters. The molecule has 0 unspecified atom stereocenters. The first-order chi connectivity index (χ1) is 67.2. The maximum atomic E-state index is 15.0. The molecule has 0 bridgehead atoms. The van der Waals surface area contributed by atoms with Crippen LogP contribution in [-0.4, -0.2) is 253 Å². The van der Waals surface area contributed by atoms with Gasteiger partial charge in [-0.25, -0.2) is 10.8 Å². The normalized spacial score (nSPS) is 14.7. The Morgan fingerprint density at radius 3 is 0.718 bits per heavy atom. The van der Waals surface area contributed by atoms with Crippen LogP contribution < -0.4 is 136 Å². The predicted molar refractivity (Wildman–Crippen MR) is 547 cm³/mol. The Morgan fingerprint density at radius 2 is 0.486 bits per heavy atom. The number of imidazole rings is 1. The lowest BCUT2D eigenvalue weighted by atomic mass is 9.98. The summed E-state index contributed by atoms with van der Waals surface area (Å²) in [5, 5.41) is 44.8. The maximum absolute atomic E-state index is 15.0. The average Bonchev–Trinajstić information content (AvgIpc) is 1.16. The van der Waals surface area contributed by atoms with Gasteiger partial charge in [0.15, 0.2) is 0 Å². The largest absolute Gasteiger partial charge is 0.355 e. The lowest BCUT2D eigenvalue weighted by molar-refractivity contribution is -0.137. The van der Waals surface area contributed by atoms with Gasteiger partial charge >= 0.3 is 0 Å². The van der Waals surface area contributed by atoms with Gasteiger partial charge in [0, 0.05) is 31.3 Å². The van der Waals surface area contributed by atoms with Crippen LogP contribution >= 0.6 is 0 Å². The number of nitrogens with zero attached hydrogens (tertiary/aromatic N) is 1. The first-order valence-electron chi connectivity index (χ1n) is 51.9. The highest BCUT2D eigenvalue weighted by atomic mass is 16.2. The molecular weight excluding hydrogens is 1830 g/mol. The molecule has 0 aromatic carbocycles. The van der Waals surface area contributed by atoms with Crippen LogP contribution in [0.25, 0.3) is 0 Å². The number of unbranched alkanes of at least 4 members (excludes halogenated alkanes) is 8. The second kappa shape index (κ2) is 73.9. The Hall–Kier alpha value is -10.1. The van der Waals surface area contributed by atoms with E-state index in [1.807, 2.05) is 111 Å². The van der Waals surface area contributed by atoms with Gasteiger partial charge in [-0.3, -0.25) is 86.9 Å². The number of carbonyl (C=O) groups excluding carboxylic acids is 17. The van der Waals surface area contributed by atoms with E-state index in [0.29, 0.717) is 128 Å². The summed E-state index contributed by atoms with van der Waals surface area (Å²) in [7, 11) is 0. The molecule has 44 nitrogen and oxygen atoms in total. The number of carbonyl (C=O) groups is 17. The highest BCUT2D eigenvalue weighted by Gasteiger charge is 2.40. The zero-order valence-electron chi connectivity index (χ0n) is 88.0. The summed E-state index contributed by atoms with van der Waals surface area (Å²) in [6, 6.07) is -18.9. The van der Waals surface area contributed by atoms with Gasteiger partial charge in [-0.15, -0.1) is 0 Å². The minimum atomic E-state index is -1.42. The van der Waals surface area contributed by atoms with E-state index in [4.69, 9.17) is 46.0 Å². The molecule has 0 radical (unpaired) electrons. The fourth-order valence-electron chi connectivity index (χ4n) is 16.0. The summed E-state index contributed by atoms with van der Waals surface area (Å²) in [4.78, 5) is 251. The highest BCUT2D eigenvalue weighted by molar-refractivity contribution is 6.01. The molecule has 814 valence electrons. The predicted octanol–water partition coefficient (Wildman–Crippen LogP) is -0.00780. The third-order valence-corrected chi connectivity index (χ3v) is 23.5. The zero-order valence-corrected chi connectivity index (χ0v) is 88.0. The number of nitrogens with one attached hydrogen (secondary N) is 18. The number of aromatic amines is 1. The van der Waals surface area contributed by atoms with Crippen molar-refractivity contribution in [2.24, 2.45) is 93.3 Å². The number of hydrazine groups is 1. The van der Waals surface area contributed by atoms with E-state index >= 15 is 9.59 Å². The molecule has 0 aliphatic carbocycles. The summed E-state index contributed by atoms with van der Waals surface area (Å²) in [6.07, 6.45) is 10.9. The van der Waals surface area contributed by atoms with E-state index in [2.05, 4.69) is 100 Å². The van der Waals surface area contributed by atoms with Crippen molar-refractivity contribution in [2.45, 2.75) is 400 Å². The second-order valence-corrected chi connectivity index (χ2v) is 40.9. The quantitative estimate of drug-likeness (QED) is 0.0176. The standard InChI is InChI=1S/C98H185N27O17/c1-58(2)46-67(105)84(128)111-69(33-20-26-40-100)86(130)113-71(35-22-28-42-102)88(132)117-77(50-62(9)10)94(138)121-76(49-61(7)8)93(137)116-73(37-24-30-44-104)90(134)119-78(51-63(11)12)95(139)120-75(48-60(5)6)92(136)115-70(34-21-27-41-101)87(131)114-72(36-23-29-43-103)89(133)118-79(52-64(13)14)96(140)122-80(53-65(15)16)97(141)124-81(54-66-55-107-57-110-66)98(142)123-74(47-59(3)4)91(135)112-68(32-19-25-39-99)85(129)109-56-83(127)108-45-31-17-18-38-82(126)125-106/h55,57-65,67-81H,17-54,56,99-106H2,1-16H3,(H,107,110)(H,108,127)(H,109,129)(H,111,128)(H,112,135)(H,113,130)(H,114,131)(H,115,136)(H,116,137)(H,117,132)(H,118,133)(H,119,134)(H,120,139)(H,121,138)(H,122,140)(H,123,142)(H,124,141)(H,125,126)/t67-,68-,69-,70-,71-,72-,73-,74-,75-,76-,77-,78-,79-,80-,81-/m0/s1. The van der Waals surface area contributed by atoms with Crippen molar-refractivity contribution in [1.29, 1.82) is 0 Å². The summed E-state index contributed by atoms with van der Waals surface area (Å²) in [5.74, 6) is -8.24. The third-order valence-electron chi connectivity index (χ3n) is 23.5. The Kier molecular flexibility index (Phi) is 67.6. The summed E-state index contributed by atoms with van der Waals surface area (Å²) in [6.45, 7) is 30.8. The molecule has 1 aromatic rings. The van der Waals surface area contributed by atoms with E-state index in [1.165, 1.54) is 12.5 Å². The lowest BCUT2D eigenvalue weighted by Gasteiger charge is -2.30. The summed E-state index contributed by atoms with van der Waals surface area (Å²) in [5.41, 5.74) is 44.1. The smallest absolute Gasteiger partial charge is 0.243 e. The van der Waals surface area contributed by atoms with E-state index in [0.717, 1.165) is 0 Å². The van der Waals surface area contributed by atoms with Crippen LogP contribution in [0.4, 0.5) is 0 Å². The van der Waals surface area contributed by atoms with Gasteiger partial charge in [-0.05, 0) is 266 Å². The van der Waals surface area contributed by atoms with Crippen molar-refractivity contribution < 1.29 is 81.5 Å². The number of hydrogen-bond acceptors (Lipinski definition) is 26. The number of amides is 17. The molecular formula is C98H185N27O17. The number of aromatic nitrogens is 2. The van der Waals surface area contributed by atoms with Crippen LogP contribution in [0.5, 0.6) is 0 Å². The lowest BCUT2D eigenvalue weighted by Crippen LogP contribution is -2.61. The molecule has 1 rings (SSSR count). The SMILES string of the molecule is CC(C)C[C@H](NC(=O)[C@H](Cc1cnc[nH]1)NC(=O)[C@H](CC(C)C)NC(=O)[C@H](CC(C)C)NC(=O)[C@H](CCCCN)NC(=O)[C@H](CCCCN)NC(=O)[C@H](CC(C)C)NC(=O)[C@H](CC(C)C)NC(=O)[C@H](CCCCN)NC(=O)[C@H](CC(C)C)NC(=O)[C@H](CC(C)C)NC(=O)[C@H](CCCCN)NC(=O)[C@H](CCCCN)NC(=O)[C@@H](N)CC(C)C)C(=O)N[C@@H](CCCCN)C(=O)NCC(=O)NCCCCCC(=O)NN. The number of H-pyrrole nitrogens is 1. The molecule has 44 heteroatoms. The summed E-state index contributed by atoms with van der Waals surface area (Å²) < 4.78 is 0. The van der Waals surface area contributed by atoms with Gasteiger partial charge in [-0.2, -0.15) is 0 Å². The maximum Gasteiger partial charge on any atom is 0.243 e. The van der Waals surface area contributed by atoms with Crippen molar-refractivity contribution in [1.82, 2.24) is 100 Å². The molecule has 0 aliphatic heterocycles. The Labute approximate surface area is 842 Å². The van der Waals surface area contributed by atoms with Gasteiger partial charge in [0.25, 0.3) is 0 Å². The average molecular weight is 2010 g/mol. The van der Waals surface area contributed by atoms with Crippen LogP contribution in [0.15, 0.2) is 12.5 Å². The molecule has 1 aromatic heterocycles. The van der Waals surface area contributed by atoms with Crippen LogP contribution in [0.1, 0.15) is 309 Å². The van der Waals surface area contributed by atoms with Crippen LogP contribution in [0.2, 0.25) is 0 Å². The number of rotatable bonds is 79. The number of nitrogens with two attached hydrogens (primary N) is 8. The molecule has 1 heterocycles. The first-order valence-corrected chi connectivity index (χ1v) is 51.9. The molecule has 0 saturated heterocycles. The van der Waals surface area contributed by atoms with Crippen molar-refractivity contribution in [3.8, 4) is 0 Å². The van der Waals surface area contributed by atoms with Gasteiger partial charge in [0.2, 0.25) is 100 Å². The molecule has 0 fully saturated rings. The Morgan fingerprint density at radius 1 is 0.261 bits per heavy atom. The molecule has 0 saturated carbocycles. The minimum Gasteiger partial charge on any atom is -0.355 e. The third kappa shape index (κ3) is 56.8. The topological polar surface area (TPSA) is 732 Å². The molecule has 142 heavy (non-hydrogen) atoms. The van der Waals surface area contributed by atoms with Gasteiger partial charge in [-0.1, -0.05) is 117 Å². The van der Waals surface area contributed by atoms with Crippen LogP contribution in [0, 0.1) is 47.3 Å².